The van der Waals surface area contributed by atoms with E-state index in [-0.39, 0.29) is 17.6 Å². The highest BCUT2D eigenvalue weighted by atomic mass is 15.3. The van der Waals surface area contributed by atoms with Crippen molar-refractivity contribution in [2.24, 2.45) is 0 Å². The van der Waals surface area contributed by atoms with Crippen LogP contribution < -0.4 is 0 Å². The molecular weight excluding hydrogens is 160 g/mol. The smallest absolute Gasteiger partial charge is 0.0394 e. The van der Waals surface area contributed by atoms with Gasteiger partial charge in [0.05, 0.1) is 0 Å². The van der Waals surface area contributed by atoms with Gasteiger partial charge in [-0.25, -0.2) is 0 Å². The van der Waals surface area contributed by atoms with Crippen molar-refractivity contribution in [1.82, 2.24) is 9.80 Å². The number of likely N-dealkylation sites (N-methyl/N-ethyl adjacent to an activating group) is 1. The van der Waals surface area contributed by atoms with Gasteiger partial charge in [0.2, 0.25) is 0 Å². The normalized spacial score (nSPS) is 38.1. The lowest BCUT2D eigenvalue weighted by Crippen LogP contribution is -2.60. The second-order valence-electron chi connectivity index (χ2n) is 5.17. The highest BCUT2D eigenvalue weighted by Gasteiger charge is 2.33. The topological polar surface area (TPSA) is 6.48 Å². The van der Waals surface area contributed by atoms with Crippen LogP contribution in [0, 0.1) is 0 Å². The minimum Gasteiger partial charge on any atom is -0.301 e. The van der Waals surface area contributed by atoms with Gasteiger partial charge in [-0.15, -0.1) is 0 Å². The Morgan fingerprint density at radius 3 is 2.23 bits per heavy atom. The maximum absolute atomic E-state index is 7.51. The van der Waals surface area contributed by atoms with Crippen LogP contribution >= 0.6 is 0 Å². The van der Waals surface area contributed by atoms with E-state index in [0.29, 0.717) is 6.54 Å². The average molecular weight is 187 g/mol. The third-order valence-corrected chi connectivity index (χ3v) is 2.85. The lowest BCUT2D eigenvalue weighted by Gasteiger charge is -2.48. The largest absolute Gasteiger partial charge is 0.301 e. The number of piperazine rings is 1. The summed E-state index contributed by atoms with van der Waals surface area (Å²) in [4.78, 5) is 4.03. The van der Waals surface area contributed by atoms with Crippen LogP contribution in [0.2, 0.25) is 0 Å². The molecule has 0 aromatic carbocycles. The van der Waals surface area contributed by atoms with Gasteiger partial charge in [-0.2, -0.15) is 0 Å². The average Bonchev–Trinajstić information content (AvgIpc) is 2.04. The highest BCUT2D eigenvalue weighted by Crippen LogP contribution is 2.22. The van der Waals surface area contributed by atoms with Crippen molar-refractivity contribution >= 4 is 0 Å². The van der Waals surface area contributed by atoms with Crippen LogP contribution in [-0.2, 0) is 0 Å². The Morgan fingerprint density at radius 2 is 1.77 bits per heavy atom. The number of rotatable bonds is 0. The molecule has 1 aliphatic rings. The predicted octanol–water partition coefficient (Wildman–Crippen LogP) is 1.81. The van der Waals surface area contributed by atoms with Crippen LogP contribution in [0.4, 0.5) is 0 Å². The molecule has 0 radical (unpaired) electrons. The summed E-state index contributed by atoms with van der Waals surface area (Å²) >= 11 is 0. The first-order valence-corrected chi connectivity index (χ1v) is 5.07. The van der Waals surface area contributed by atoms with E-state index < -0.39 is 6.98 Å². The Kier molecular flexibility index (Phi) is 2.00. The van der Waals surface area contributed by atoms with E-state index in [0.717, 1.165) is 6.54 Å². The number of hydrogen-bond donors (Lipinski definition) is 0. The summed E-state index contributed by atoms with van der Waals surface area (Å²) in [6.45, 7) is 10.1. The molecule has 1 rings (SSSR count). The van der Waals surface area contributed by atoms with Crippen LogP contribution in [0.1, 0.15) is 38.7 Å². The lowest BCUT2D eigenvalue weighted by molar-refractivity contribution is -0.000118. The first-order valence-electron chi connectivity index (χ1n) is 6.57. The van der Waals surface area contributed by atoms with Gasteiger partial charge in [0.15, 0.2) is 0 Å². The molecule has 78 valence electrons. The van der Waals surface area contributed by atoms with Gasteiger partial charge >= 0.3 is 0 Å². The van der Waals surface area contributed by atoms with Crippen LogP contribution in [0.5, 0.6) is 0 Å². The van der Waals surface area contributed by atoms with Crippen molar-refractivity contribution in [3.63, 3.8) is 0 Å². The zero-order valence-corrected chi connectivity index (χ0v) is 9.46. The maximum atomic E-state index is 7.51. The van der Waals surface area contributed by atoms with Crippen molar-refractivity contribution in [2.45, 2.75) is 52.2 Å². The van der Waals surface area contributed by atoms with Crippen molar-refractivity contribution in [1.29, 1.82) is 0 Å². The Bertz CT molecular complexity index is 219. The molecule has 2 atom stereocenters. The first kappa shape index (κ1) is 7.24. The summed E-state index contributed by atoms with van der Waals surface area (Å²) in [6.07, 6.45) is 0. The SMILES string of the molecule is [2H]C([2H])([2H])N1CC(C)N(C(C)(C)C)CC1C. The van der Waals surface area contributed by atoms with Gasteiger partial charge in [-0.05, 0) is 41.6 Å². The van der Waals surface area contributed by atoms with E-state index in [1.54, 1.807) is 4.90 Å². The molecule has 1 saturated heterocycles. The fraction of sp³-hybridized carbons (Fsp3) is 1.00. The first-order chi connectivity index (χ1) is 7.03. The van der Waals surface area contributed by atoms with E-state index in [4.69, 9.17) is 4.11 Å². The molecular formula is C11H24N2. The highest BCUT2D eigenvalue weighted by molar-refractivity contribution is 4.89. The summed E-state index contributed by atoms with van der Waals surface area (Å²) in [7, 11) is 0. The Labute approximate surface area is 87.1 Å². The fourth-order valence-corrected chi connectivity index (χ4v) is 2.06. The lowest BCUT2D eigenvalue weighted by atomic mass is 9.99. The maximum Gasteiger partial charge on any atom is 0.0394 e. The van der Waals surface area contributed by atoms with Gasteiger partial charge in [0.1, 0.15) is 0 Å². The number of nitrogens with zero attached hydrogens (tertiary/aromatic N) is 2. The molecule has 1 heterocycles. The number of hydrogen-bond acceptors (Lipinski definition) is 2. The molecule has 0 amide bonds. The molecule has 0 saturated carbocycles. The molecule has 0 spiro atoms. The molecule has 2 unspecified atom stereocenters. The van der Waals surface area contributed by atoms with Crippen molar-refractivity contribution < 1.29 is 4.11 Å². The molecule has 1 fully saturated rings. The Hall–Kier alpha value is -0.0800. The fourth-order valence-electron chi connectivity index (χ4n) is 2.06. The molecule has 0 N–H and O–H groups in total. The van der Waals surface area contributed by atoms with E-state index >= 15 is 0 Å². The molecule has 2 heteroatoms. The van der Waals surface area contributed by atoms with Gasteiger partial charge in [-0.1, -0.05) is 0 Å². The summed E-state index contributed by atoms with van der Waals surface area (Å²) in [5.74, 6) is 0. The predicted molar refractivity (Wildman–Crippen MR) is 58.0 cm³/mol. The summed E-state index contributed by atoms with van der Waals surface area (Å²) in [6, 6.07) is 0.375. The van der Waals surface area contributed by atoms with Crippen LogP contribution in [-0.4, -0.2) is 47.5 Å². The third-order valence-electron chi connectivity index (χ3n) is 2.85. The minimum absolute atomic E-state index is 0.0860. The summed E-state index contributed by atoms with van der Waals surface area (Å²) in [5.41, 5.74) is 0.106. The van der Waals surface area contributed by atoms with Crippen molar-refractivity contribution in [2.75, 3.05) is 20.1 Å². The molecule has 0 aliphatic carbocycles. The van der Waals surface area contributed by atoms with Crippen molar-refractivity contribution in [3.8, 4) is 0 Å². The molecule has 0 aromatic heterocycles. The summed E-state index contributed by atoms with van der Waals surface area (Å²) < 4.78 is 22.5. The Balaban J connectivity index is 2.79. The van der Waals surface area contributed by atoms with Crippen molar-refractivity contribution in [3.05, 3.63) is 0 Å². The quantitative estimate of drug-likeness (QED) is 0.571. The standard InChI is InChI=1S/C11H24N2/c1-9-8-13(11(3,4)5)10(2)7-12(9)6/h9-10H,7-8H2,1-6H3/i6D3. The van der Waals surface area contributed by atoms with Crippen LogP contribution in [0.15, 0.2) is 0 Å². The second kappa shape index (κ2) is 3.58. The van der Waals surface area contributed by atoms with E-state index in [1.165, 1.54) is 0 Å². The van der Waals surface area contributed by atoms with Gasteiger partial charge < -0.3 is 4.90 Å². The molecule has 13 heavy (non-hydrogen) atoms. The van der Waals surface area contributed by atoms with E-state index in [9.17, 15) is 0 Å². The van der Waals surface area contributed by atoms with E-state index in [2.05, 4.69) is 32.6 Å². The zero-order chi connectivity index (χ0) is 12.7. The second-order valence-corrected chi connectivity index (χ2v) is 5.17. The molecule has 0 bridgehead atoms. The van der Waals surface area contributed by atoms with E-state index in [1.807, 2.05) is 6.92 Å². The minimum atomic E-state index is -1.96. The Morgan fingerprint density at radius 1 is 1.15 bits per heavy atom. The molecule has 0 aromatic rings. The zero-order valence-electron chi connectivity index (χ0n) is 12.5. The van der Waals surface area contributed by atoms with Gasteiger partial charge in [0.25, 0.3) is 0 Å². The summed E-state index contributed by atoms with van der Waals surface area (Å²) in [5, 5.41) is 0. The molecule has 2 nitrogen and oxygen atoms in total. The van der Waals surface area contributed by atoms with Gasteiger partial charge in [-0.3, -0.25) is 4.90 Å². The third kappa shape index (κ3) is 2.44. The van der Waals surface area contributed by atoms with Crippen LogP contribution in [0.3, 0.4) is 0 Å². The van der Waals surface area contributed by atoms with Crippen LogP contribution in [0.25, 0.3) is 0 Å². The monoisotopic (exact) mass is 187 g/mol. The molecule has 1 aliphatic heterocycles. The van der Waals surface area contributed by atoms with Gasteiger partial charge in [0, 0.05) is 34.8 Å².